The summed E-state index contributed by atoms with van der Waals surface area (Å²) in [5.41, 5.74) is 0.462. The first-order valence-electron chi connectivity index (χ1n) is 6.90. The molecule has 0 saturated heterocycles. The molecule has 0 atom stereocenters. The molecule has 0 unspecified atom stereocenters. The van der Waals surface area contributed by atoms with Crippen molar-refractivity contribution >= 4 is 0 Å². The van der Waals surface area contributed by atoms with E-state index in [1.807, 2.05) is 6.33 Å². The highest BCUT2D eigenvalue weighted by Crippen LogP contribution is 2.42. The monoisotopic (exact) mass is 235 g/mol. The maximum atomic E-state index is 4.31. The first-order valence-corrected chi connectivity index (χ1v) is 6.90. The van der Waals surface area contributed by atoms with Crippen molar-refractivity contribution in [2.45, 2.75) is 65.8 Å². The molecule has 1 heterocycles. The van der Waals surface area contributed by atoms with Gasteiger partial charge in [0.05, 0.1) is 0 Å². The van der Waals surface area contributed by atoms with Crippen molar-refractivity contribution in [1.82, 2.24) is 14.8 Å². The highest BCUT2D eigenvalue weighted by molar-refractivity contribution is 4.99. The molecular formula is C14H25N3. The van der Waals surface area contributed by atoms with Crippen molar-refractivity contribution in [3.63, 3.8) is 0 Å². The largest absolute Gasteiger partial charge is 0.318 e. The Labute approximate surface area is 105 Å². The quantitative estimate of drug-likeness (QED) is 0.784. The highest BCUT2D eigenvalue weighted by Gasteiger charge is 2.31. The van der Waals surface area contributed by atoms with Gasteiger partial charge < -0.3 is 4.57 Å². The molecule has 3 heteroatoms. The van der Waals surface area contributed by atoms with Gasteiger partial charge in [0, 0.05) is 12.5 Å². The van der Waals surface area contributed by atoms with Gasteiger partial charge in [-0.05, 0) is 43.9 Å². The fourth-order valence-electron chi connectivity index (χ4n) is 3.04. The SMILES string of the molecule is CCn1cnnc1C1CCC(C(C)(C)C)CC1. The van der Waals surface area contributed by atoms with E-state index in [9.17, 15) is 0 Å². The van der Waals surface area contributed by atoms with Crippen LogP contribution in [0.3, 0.4) is 0 Å². The standard InChI is InChI=1S/C14H25N3/c1-5-17-10-15-16-13(17)11-6-8-12(9-7-11)14(2,3)4/h10-12H,5-9H2,1-4H3. The molecule has 0 spiro atoms. The Balaban J connectivity index is 2.00. The fourth-order valence-corrected chi connectivity index (χ4v) is 3.04. The van der Waals surface area contributed by atoms with Crippen LogP contribution in [0.5, 0.6) is 0 Å². The van der Waals surface area contributed by atoms with Gasteiger partial charge in [-0.1, -0.05) is 20.8 Å². The van der Waals surface area contributed by atoms with Crippen LogP contribution in [0.25, 0.3) is 0 Å². The molecule has 0 amide bonds. The Hall–Kier alpha value is -0.860. The van der Waals surface area contributed by atoms with Crippen LogP contribution in [-0.4, -0.2) is 14.8 Å². The third-order valence-corrected chi connectivity index (χ3v) is 4.30. The first kappa shape index (κ1) is 12.6. The Morgan fingerprint density at radius 1 is 1.24 bits per heavy atom. The zero-order valence-electron chi connectivity index (χ0n) is 11.6. The molecule has 17 heavy (non-hydrogen) atoms. The topological polar surface area (TPSA) is 30.7 Å². The Morgan fingerprint density at radius 2 is 1.88 bits per heavy atom. The van der Waals surface area contributed by atoms with E-state index in [0.29, 0.717) is 11.3 Å². The van der Waals surface area contributed by atoms with E-state index in [2.05, 4.69) is 42.5 Å². The second kappa shape index (κ2) is 4.79. The summed E-state index contributed by atoms with van der Waals surface area (Å²) in [6.45, 7) is 10.3. The molecule has 1 saturated carbocycles. The van der Waals surface area contributed by atoms with Crippen LogP contribution in [0.1, 0.15) is 65.1 Å². The van der Waals surface area contributed by atoms with E-state index in [1.165, 1.54) is 31.5 Å². The van der Waals surface area contributed by atoms with Crippen LogP contribution in [-0.2, 0) is 6.54 Å². The molecule has 2 rings (SSSR count). The molecule has 0 N–H and O–H groups in total. The normalized spacial score (nSPS) is 26.1. The van der Waals surface area contributed by atoms with Crippen LogP contribution in [0.2, 0.25) is 0 Å². The highest BCUT2D eigenvalue weighted by atomic mass is 15.3. The second-order valence-electron chi connectivity index (χ2n) is 6.39. The van der Waals surface area contributed by atoms with Gasteiger partial charge in [0.15, 0.2) is 0 Å². The number of aryl methyl sites for hydroxylation is 1. The van der Waals surface area contributed by atoms with Gasteiger partial charge in [0.2, 0.25) is 0 Å². The minimum absolute atomic E-state index is 0.462. The van der Waals surface area contributed by atoms with Gasteiger partial charge in [-0.2, -0.15) is 0 Å². The molecule has 0 radical (unpaired) electrons. The maximum Gasteiger partial charge on any atom is 0.135 e. The number of rotatable bonds is 2. The zero-order valence-corrected chi connectivity index (χ0v) is 11.6. The van der Waals surface area contributed by atoms with Crippen LogP contribution >= 0.6 is 0 Å². The average Bonchev–Trinajstić information content (AvgIpc) is 2.76. The molecule has 1 aliphatic carbocycles. The number of hydrogen-bond acceptors (Lipinski definition) is 2. The van der Waals surface area contributed by atoms with E-state index in [1.54, 1.807) is 0 Å². The summed E-state index contributed by atoms with van der Waals surface area (Å²) in [5, 5.41) is 8.36. The molecule has 1 aromatic heterocycles. The lowest BCUT2D eigenvalue weighted by molar-refractivity contribution is 0.166. The minimum atomic E-state index is 0.462. The van der Waals surface area contributed by atoms with Gasteiger partial charge >= 0.3 is 0 Å². The number of nitrogens with zero attached hydrogens (tertiary/aromatic N) is 3. The van der Waals surface area contributed by atoms with E-state index < -0.39 is 0 Å². The second-order valence-corrected chi connectivity index (χ2v) is 6.39. The third-order valence-electron chi connectivity index (χ3n) is 4.30. The Bertz CT molecular complexity index is 354. The van der Waals surface area contributed by atoms with Crippen LogP contribution < -0.4 is 0 Å². The number of hydrogen-bond donors (Lipinski definition) is 0. The lowest BCUT2D eigenvalue weighted by atomic mass is 9.69. The van der Waals surface area contributed by atoms with E-state index >= 15 is 0 Å². The van der Waals surface area contributed by atoms with Crippen LogP contribution in [0.15, 0.2) is 6.33 Å². The average molecular weight is 235 g/mol. The number of aromatic nitrogens is 3. The van der Waals surface area contributed by atoms with Gasteiger partial charge in [0.1, 0.15) is 12.2 Å². The molecule has 0 aromatic carbocycles. The van der Waals surface area contributed by atoms with Crippen molar-refractivity contribution in [1.29, 1.82) is 0 Å². The lowest BCUT2D eigenvalue weighted by Crippen LogP contribution is -2.26. The molecule has 1 aliphatic rings. The summed E-state index contributed by atoms with van der Waals surface area (Å²) >= 11 is 0. The molecule has 1 fully saturated rings. The summed E-state index contributed by atoms with van der Waals surface area (Å²) in [4.78, 5) is 0. The molecule has 3 nitrogen and oxygen atoms in total. The summed E-state index contributed by atoms with van der Waals surface area (Å²) in [6.07, 6.45) is 7.10. The lowest BCUT2D eigenvalue weighted by Gasteiger charge is -2.36. The van der Waals surface area contributed by atoms with Crippen LogP contribution in [0, 0.1) is 11.3 Å². The van der Waals surface area contributed by atoms with Gasteiger partial charge in [-0.15, -0.1) is 10.2 Å². The third kappa shape index (κ3) is 2.70. The molecule has 0 bridgehead atoms. The van der Waals surface area contributed by atoms with E-state index in [4.69, 9.17) is 0 Å². The van der Waals surface area contributed by atoms with Gasteiger partial charge in [0.25, 0.3) is 0 Å². The molecule has 0 aliphatic heterocycles. The Kier molecular flexibility index (Phi) is 3.55. The smallest absolute Gasteiger partial charge is 0.135 e. The summed E-state index contributed by atoms with van der Waals surface area (Å²) in [5.74, 6) is 2.72. The van der Waals surface area contributed by atoms with Crippen molar-refractivity contribution in [2.24, 2.45) is 11.3 Å². The van der Waals surface area contributed by atoms with E-state index in [0.717, 1.165) is 12.5 Å². The van der Waals surface area contributed by atoms with Gasteiger partial charge in [-0.3, -0.25) is 0 Å². The summed E-state index contributed by atoms with van der Waals surface area (Å²) < 4.78 is 2.20. The van der Waals surface area contributed by atoms with Crippen molar-refractivity contribution in [3.8, 4) is 0 Å². The minimum Gasteiger partial charge on any atom is -0.318 e. The predicted octanol–water partition coefficient (Wildman–Crippen LogP) is 3.62. The maximum absolute atomic E-state index is 4.31. The molecular weight excluding hydrogens is 210 g/mol. The molecule has 96 valence electrons. The predicted molar refractivity (Wildman–Crippen MR) is 69.9 cm³/mol. The zero-order chi connectivity index (χ0) is 12.5. The van der Waals surface area contributed by atoms with Crippen LogP contribution in [0.4, 0.5) is 0 Å². The molecule has 1 aromatic rings. The summed E-state index contributed by atoms with van der Waals surface area (Å²) in [6, 6.07) is 0. The van der Waals surface area contributed by atoms with Crippen molar-refractivity contribution < 1.29 is 0 Å². The first-order chi connectivity index (χ1) is 8.02. The van der Waals surface area contributed by atoms with E-state index in [-0.39, 0.29) is 0 Å². The Morgan fingerprint density at radius 3 is 2.41 bits per heavy atom. The van der Waals surface area contributed by atoms with Gasteiger partial charge in [-0.25, -0.2) is 0 Å². The fraction of sp³-hybridized carbons (Fsp3) is 0.857. The summed E-state index contributed by atoms with van der Waals surface area (Å²) in [7, 11) is 0. The van der Waals surface area contributed by atoms with Crippen molar-refractivity contribution in [3.05, 3.63) is 12.2 Å². The van der Waals surface area contributed by atoms with Crippen molar-refractivity contribution in [2.75, 3.05) is 0 Å².